The van der Waals surface area contributed by atoms with E-state index in [0.717, 1.165) is 12.3 Å². The Hall–Kier alpha value is -4.49. The molecule has 0 spiro atoms. The summed E-state index contributed by atoms with van der Waals surface area (Å²) in [5.74, 6) is -3.81. The van der Waals surface area contributed by atoms with Crippen LogP contribution < -0.4 is 30.4 Å². The van der Waals surface area contributed by atoms with E-state index >= 15 is 0 Å². The van der Waals surface area contributed by atoms with E-state index in [0.29, 0.717) is 5.56 Å². The van der Waals surface area contributed by atoms with E-state index in [1.54, 1.807) is 12.1 Å². The summed E-state index contributed by atoms with van der Waals surface area (Å²) in [6, 6.07) is 10.8. The fourth-order valence-electron chi connectivity index (χ4n) is 3.19. The monoisotopic (exact) mass is 573 g/mol. The van der Waals surface area contributed by atoms with Crippen LogP contribution in [0.25, 0.3) is 11.4 Å². The first-order chi connectivity index (χ1) is 18.8. The first-order valence-electron chi connectivity index (χ1n) is 11.1. The van der Waals surface area contributed by atoms with Crippen LogP contribution in [-0.4, -0.2) is 62.0 Å². The van der Waals surface area contributed by atoms with Crippen molar-refractivity contribution in [3.8, 4) is 34.5 Å². The lowest BCUT2D eigenvalue weighted by Crippen LogP contribution is -2.45. The number of nitrogens with one attached hydrogen (secondary N) is 1. The smallest absolute Gasteiger partial charge is 0.453 e. The van der Waals surface area contributed by atoms with Crippen molar-refractivity contribution < 1.29 is 43.1 Å². The highest BCUT2D eigenvalue weighted by Gasteiger charge is 2.28. The fourth-order valence-corrected chi connectivity index (χ4v) is 4.13. The van der Waals surface area contributed by atoms with Crippen molar-refractivity contribution in [3.05, 3.63) is 72.7 Å². The van der Waals surface area contributed by atoms with E-state index in [-0.39, 0.29) is 34.5 Å². The number of hydrogen-bond acceptors (Lipinski definition) is 15. The largest absolute Gasteiger partial charge is 0.478 e. The van der Waals surface area contributed by atoms with E-state index < -0.39 is 32.9 Å². The molecule has 3 aromatic heterocycles. The molecule has 4 rings (SSSR count). The maximum atomic E-state index is 13.3. The highest BCUT2D eigenvalue weighted by Crippen LogP contribution is 2.41. The summed E-state index contributed by atoms with van der Waals surface area (Å²) >= 11 is 0. The molecule has 210 valence electrons. The summed E-state index contributed by atoms with van der Waals surface area (Å²) in [6.07, 6.45) is 0.374. The van der Waals surface area contributed by atoms with E-state index in [1.807, 2.05) is 0 Å². The summed E-state index contributed by atoms with van der Waals surface area (Å²) in [5, 5.41) is 37.1. The van der Waals surface area contributed by atoms with Crippen molar-refractivity contribution in [2.24, 2.45) is 11.5 Å². The molecule has 0 aliphatic heterocycles. The molecule has 0 saturated heterocycles. The number of ether oxygens (including phenoxy) is 3. The fraction of sp³-hybridized carbons (Fsp3) is 0.130. The molecule has 0 unspecified atom stereocenters. The predicted octanol–water partition coefficient (Wildman–Crippen LogP) is -0.478. The molecule has 9 N–H and O–H groups in total. The summed E-state index contributed by atoms with van der Waals surface area (Å²) in [6.45, 7) is 0. The Morgan fingerprint density at radius 1 is 0.925 bits per heavy atom. The van der Waals surface area contributed by atoms with Crippen molar-refractivity contribution in [1.82, 2.24) is 19.9 Å². The van der Waals surface area contributed by atoms with Gasteiger partial charge in [0, 0.05) is 29.7 Å². The summed E-state index contributed by atoms with van der Waals surface area (Å²) in [4.78, 5) is 16.3. The number of aliphatic hydroxyl groups is 4. The topological polar surface area (TPSA) is 258 Å². The standard InChI is InChI=1S/C23H23N7O9S/c1-37-21-18(38-15-4-2-3-5-16(15)39-23(32,33)34)20(28-19(29-21)13-8-10-26-11-9-13)30-40(35,36)17-7-6-14(12-27-17)22(24,25)31/h2-12,31-34H,24-25H2,1H3,(H,28,29,30). The Balaban J connectivity index is 1.83. The van der Waals surface area contributed by atoms with Crippen molar-refractivity contribution in [1.29, 1.82) is 0 Å². The van der Waals surface area contributed by atoms with Gasteiger partial charge in [-0.1, -0.05) is 12.1 Å². The Morgan fingerprint density at radius 2 is 1.60 bits per heavy atom. The van der Waals surface area contributed by atoms with Gasteiger partial charge in [-0.2, -0.15) is 13.4 Å². The highest BCUT2D eigenvalue weighted by molar-refractivity contribution is 7.92. The number of anilines is 1. The van der Waals surface area contributed by atoms with Gasteiger partial charge in [0.25, 0.3) is 15.9 Å². The molecule has 0 bridgehead atoms. The third-order valence-corrected chi connectivity index (χ3v) is 6.23. The number of methoxy groups -OCH3 is 1. The molecule has 16 nitrogen and oxygen atoms in total. The highest BCUT2D eigenvalue weighted by atomic mass is 32.2. The Bertz CT molecular complexity index is 1590. The number of para-hydroxylation sites is 2. The minimum atomic E-state index is -4.47. The van der Waals surface area contributed by atoms with Gasteiger partial charge in [0.1, 0.15) is 0 Å². The number of nitrogens with zero attached hydrogens (tertiary/aromatic N) is 4. The summed E-state index contributed by atoms with van der Waals surface area (Å²) in [7, 11) is -3.22. The number of sulfonamides is 1. The molecule has 17 heteroatoms. The average Bonchev–Trinajstić information content (AvgIpc) is 2.89. The van der Waals surface area contributed by atoms with Gasteiger partial charge in [-0.3, -0.25) is 21.2 Å². The lowest BCUT2D eigenvalue weighted by Gasteiger charge is -2.20. The third kappa shape index (κ3) is 6.74. The number of benzene rings is 1. The number of nitrogens with two attached hydrogens (primary N) is 2. The van der Waals surface area contributed by atoms with Crippen LogP contribution in [0.1, 0.15) is 5.56 Å². The van der Waals surface area contributed by atoms with Crippen LogP contribution in [0.3, 0.4) is 0 Å². The van der Waals surface area contributed by atoms with Crippen LogP contribution in [-0.2, 0) is 15.9 Å². The van der Waals surface area contributed by atoms with Gasteiger partial charge in [0.2, 0.25) is 5.75 Å². The van der Waals surface area contributed by atoms with E-state index in [1.165, 1.54) is 49.8 Å². The molecular weight excluding hydrogens is 550 g/mol. The van der Waals surface area contributed by atoms with E-state index in [4.69, 9.17) is 20.9 Å². The molecular formula is C23H23N7O9S. The number of rotatable bonds is 10. The molecule has 0 saturated carbocycles. The van der Waals surface area contributed by atoms with E-state index in [9.17, 15) is 28.8 Å². The zero-order valence-corrected chi connectivity index (χ0v) is 21.3. The summed E-state index contributed by atoms with van der Waals surface area (Å²) in [5.41, 5.74) is 11.2. The van der Waals surface area contributed by atoms with Crippen molar-refractivity contribution in [2.45, 2.75) is 17.0 Å². The second-order valence-corrected chi connectivity index (χ2v) is 9.64. The van der Waals surface area contributed by atoms with Gasteiger partial charge in [-0.25, -0.2) is 9.97 Å². The molecule has 0 aliphatic carbocycles. The molecule has 0 atom stereocenters. The summed E-state index contributed by atoms with van der Waals surface area (Å²) < 4.78 is 44.7. The van der Waals surface area contributed by atoms with Gasteiger partial charge >= 0.3 is 6.16 Å². The Morgan fingerprint density at radius 3 is 2.17 bits per heavy atom. The minimum Gasteiger partial charge on any atom is -0.478 e. The van der Waals surface area contributed by atoms with Crippen LogP contribution in [0.4, 0.5) is 5.82 Å². The van der Waals surface area contributed by atoms with Gasteiger partial charge in [-0.15, -0.1) is 0 Å². The lowest BCUT2D eigenvalue weighted by atomic mass is 10.2. The molecule has 0 amide bonds. The molecule has 0 fully saturated rings. The number of aromatic nitrogens is 4. The predicted molar refractivity (Wildman–Crippen MR) is 136 cm³/mol. The number of pyridine rings is 2. The molecule has 4 aromatic rings. The van der Waals surface area contributed by atoms with Gasteiger partial charge in [-0.05, 0) is 36.4 Å². The molecule has 0 aliphatic rings. The van der Waals surface area contributed by atoms with E-state index in [2.05, 4.69) is 29.4 Å². The van der Waals surface area contributed by atoms with Gasteiger partial charge in [0.15, 0.2) is 34.0 Å². The quantitative estimate of drug-likeness (QED) is 0.118. The number of hydrogen-bond donors (Lipinski definition) is 7. The van der Waals surface area contributed by atoms with Crippen LogP contribution in [0.2, 0.25) is 0 Å². The SMILES string of the molecule is COc1nc(-c2ccncc2)nc(NS(=O)(=O)c2ccc(C(N)(N)O)cn2)c1Oc1ccccc1OC(O)(O)O. The first-order valence-corrected chi connectivity index (χ1v) is 12.5. The van der Waals surface area contributed by atoms with Crippen molar-refractivity contribution in [3.63, 3.8) is 0 Å². The van der Waals surface area contributed by atoms with Crippen molar-refractivity contribution in [2.75, 3.05) is 11.8 Å². The van der Waals surface area contributed by atoms with Crippen LogP contribution in [0, 0.1) is 0 Å². The zero-order valence-electron chi connectivity index (χ0n) is 20.5. The maximum absolute atomic E-state index is 13.3. The van der Waals surface area contributed by atoms with Crippen LogP contribution in [0.5, 0.6) is 23.1 Å². The average molecular weight is 574 g/mol. The Labute approximate surface area is 226 Å². The molecule has 0 radical (unpaired) electrons. The first kappa shape index (κ1) is 28.5. The normalized spacial score (nSPS) is 12.1. The third-order valence-electron chi connectivity index (χ3n) is 4.98. The van der Waals surface area contributed by atoms with Gasteiger partial charge < -0.3 is 34.6 Å². The van der Waals surface area contributed by atoms with Gasteiger partial charge in [0.05, 0.1) is 7.11 Å². The molecule has 1 aromatic carbocycles. The van der Waals surface area contributed by atoms with Crippen molar-refractivity contribution >= 4 is 15.8 Å². The molecule has 3 heterocycles. The minimum absolute atomic E-state index is 0.0218. The second kappa shape index (κ2) is 10.9. The van der Waals surface area contributed by atoms with Crippen LogP contribution >= 0.6 is 0 Å². The van der Waals surface area contributed by atoms with Crippen LogP contribution in [0.15, 0.2) is 72.1 Å². The maximum Gasteiger partial charge on any atom is 0.453 e. The second-order valence-electron chi connectivity index (χ2n) is 8.01. The Kier molecular flexibility index (Phi) is 7.80. The molecule has 40 heavy (non-hydrogen) atoms. The zero-order chi connectivity index (χ0) is 29.1. The lowest BCUT2D eigenvalue weighted by molar-refractivity contribution is -0.419.